The standard InChI is InChI=1S/C23H29N3O4/c1-29-19-8-9-20(30-2)22-17(19)14-26(15-18(22)27)23(28)16-7-10-21(24-13-16)25-11-5-3-4-6-12-25/h7-10,13,18,27H,3-6,11-12,14-15H2,1-2H3/t18-/m0/s1. The molecule has 0 bridgehead atoms. The summed E-state index contributed by atoms with van der Waals surface area (Å²) < 4.78 is 10.9. The van der Waals surface area contributed by atoms with Gasteiger partial charge in [-0.25, -0.2) is 4.98 Å². The Kier molecular flexibility index (Phi) is 6.08. The van der Waals surface area contributed by atoms with Crippen LogP contribution in [0.5, 0.6) is 11.5 Å². The first-order chi connectivity index (χ1) is 14.6. The Morgan fingerprint density at radius 2 is 1.73 bits per heavy atom. The van der Waals surface area contributed by atoms with E-state index in [0.717, 1.165) is 24.5 Å². The van der Waals surface area contributed by atoms with Crippen LogP contribution in [-0.4, -0.2) is 54.8 Å². The van der Waals surface area contributed by atoms with E-state index in [2.05, 4.69) is 9.88 Å². The topological polar surface area (TPSA) is 75.1 Å². The summed E-state index contributed by atoms with van der Waals surface area (Å²) in [4.78, 5) is 21.6. The first-order valence-corrected chi connectivity index (χ1v) is 10.5. The summed E-state index contributed by atoms with van der Waals surface area (Å²) in [5, 5.41) is 10.7. The van der Waals surface area contributed by atoms with Crippen LogP contribution in [0.4, 0.5) is 5.82 Å². The second-order valence-electron chi connectivity index (χ2n) is 7.87. The van der Waals surface area contributed by atoms with E-state index in [0.29, 0.717) is 29.2 Å². The number of hydrogen-bond acceptors (Lipinski definition) is 6. The van der Waals surface area contributed by atoms with Crippen molar-refractivity contribution in [1.82, 2.24) is 9.88 Å². The molecule has 1 atom stereocenters. The average molecular weight is 412 g/mol. The fourth-order valence-corrected chi connectivity index (χ4v) is 4.41. The molecule has 4 rings (SSSR count). The number of fused-ring (bicyclic) bond motifs is 1. The average Bonchev–Trinajstić information content (AvgIpc) is 3.07. The molecule has 1 fully saturated rings. The highest BCUT2D eigenvalue weighted by Gasteiger charge is 2.32. The highest BCUT2D eigenvalue weighted by Crippen LogP contribution is 2.39. The molecule has 1 amide bonds. The number of aliphatic hydroxyl groups is 1. The minimum absolute atomic E-state index is 0.153. The molecule has 7 heteroatoms. The van der Waals surface area contributed by atoms with Gasteiger partial charge in [0.25, 0.3) is 5.91 Å². The summed E-state index contributed by atoms with van der Waals surface area (Å²) >= 11 is 0. The van der Waals surface area contributed by atoms with Gasteiger partial charge in [-0.3, -0.25) is 4.79 Å². The van der Waals surface area contributed by atoms with Gasteiger partial charge in [-0.05, 0) is 37.1 Å². The van der Waals surface area contributed by atoms with Crippen molar-refractivity contribution in [2.75, 3.05) is 38.8 Å². The molecule has 160 valence electrons. The number of carbonyl (C=O) groups is 1. The number of nitrogens with zero attached hydrogens (tertiary/aromatic N) is 3. The Morgan fingerprint density at radius 1 is 1.03 bits per heavy atom. The predicted octanol–water partition coefficient (Wildman–Crippen LogP) is 3.17. The summed E-state index contributed by atoms with van der Waals surface area (Å²) in [7, 11) is 3.16. The van der Waals surface area contributed by atoms with Gasteiger partial charge in [-0.2, -0.15) is 0 Å². The molecule has 1 saturated heterocycles. The summed E-state index contributed by atoms with van der Waals surface area (Å²) in [5.74, 6) is 2.01. The number of methoxy groups -OCH3 is 2. The molecule has 0 aliphatic carbocycles. The zero-order valence-electron chi connectivity index (χ0n) is 17.6. The molecule has 1 aromatic carbocycles. The Balaban J connectivity index is 1.54. The minimum Gasteiger partial charge on any atom is -0.496 e. The molecule has 2 aliphatic rings. The molecule has 1 N–H and O–H groups in total. The van der Waals surface area contributed by atoms with E-state index < -0.39 is 6.10 Å². The van der Waals surface area contributed by atoms with Crippen LogP contribution in [0.15, 0.2) is 30.5 Å². The number of carbonyl (C=O) groups excluding carboxylic acids is 1. The molecular formula is C23H29N3O4. The summed E-state index contributed by atoms with van der Waals surface area (Å²) in [6.45, 7) is 2.57. The molecule has 0 saturated carbocycles. The van der Waals surface area contributed by atoms with Crippen molar-refractivity contribution in [3.05, 3.63) is 47.2 Å². The Hall–Kier alpha value is -2.80. The molecule has 1 aromatic heterocycles. The predicted molar refractivity (Wildman–Crippen MR) is 114 cm³/mol. The van der Waals surface area contributed by atoms with Gasteiger partial charge in [-0.15, -0.1) is 0 Å². The van der Waals surface area contributed by atoms with Gasteiger partial charge in [-0.1, -0.05) is 12.8 Å². The molecule has 0 radical (unpaired) electrons. The van der Waals surface area contributed by atoms with Crippen molar-refractivity contribution in [1.29, 1.82) is 0 Å². The van der Waals surface area contributed by atoms with E-state index in [-0.39, 0.29) is 12.5 Å². The number of anilines is 1. The van der Waals surface area contributed by atoms with Crippen LogP contribution in [0, 0.1) is 0 Å². The fraction of sp³-hybridized carbons (Fsp3) is 0.478. The Bertz CT molecular complexity index is 892. The van der Waals surface area contributed by atoms with E-state index in [9.17, 15) is 9.90 Å². The van der Waals surface area contributed by atoms with Gasteiger partial charge in [0.15, 0.2) is 0 Å². The second-order valence-corrected chi connectivity index (χ2v) is 7.87. The summed E-state index contributed by atoms with van der Waals surface area (Å²) in [6, 6.07) is 7.34. The lowest BCUT2D eigenvalue weighted by Crippen LogP contribution is -2.38. The van der Waals surface area contributed by atoms with Gasteiger partial charge in [0.1, 0.15) is 23.4 Å². The van der Waals surface area contributed by atoms with Crippen molar-refractivity contribution >= 4 is 11.7 Å². The maximum atomic E-state index is 13.1. The van der Waals surface area contributed by atoms with Crippen LogP contribution in [0.1, 0.15) is 53.3 Å². The summed E-state index contributed by atoms with van der Waals surface area (Å²) in [5.41, 5.74) is 1.99. The zero-order valence-corrected chi connectivity index (χ0v) is 17.6. The third kappa shape index (κ3) is 3.94. The van der Waals surface area contributed by atoms with Crippen molar-refractivity contribution in [2.24, 2.45) is 0 Å². The highest BCUT2D eigenvalue weighted by atomic mass is 16.5. The monoisotopic (exact) mass is 411 g/mol. The number of benzene rings is 1. The van der Waals surface area contributed by atoms with Crippen LogP contribution in [-0.2, 0) is 6.54 Å². The van der Waals surface area contributed by atoms with E-state index in [1.807, 2.05) is 12.1 Å². The lowest BCUT2D eigenvalue weighted by atomic mass is 9.94. The van der Waals surface area contributed by atoms with Crippen LogP contribution >= 0.6 is 0 Å². The molecule has 0 spiro atoms. The van der Waals surface area contributed by atoms with Gasteiger partial charge >= 0.3 is 0 Å². The minimum atomic E-state index is -0.841. The van der Waals surface area contributed by atoms with Gasteiger partial charge in [0.05, 0.1) is 32.9 Å². The van der Waals surface area contributed by atoms with E-state index in [1.165, 1.54) is 25.7 Å². The van der Waals surface area contributed by atoms with Gasteiger partial charge in [0, 0.05) is 30.4 Å². The van der Waals surface area contributed by atoms with Crippen LogP contribution < -0.4 is 14.4 Å². The largest absolute Gasteiger partial charge is 0.496 e. The SMILES string of the molecule is COc1ccc(OC)c2c1CN(C(=O)c1ccc(N3CCCCCC3)nc1)C[C@@H]2O. The van der Waals surface area contributed by atoms with Crippen molar-refractivity contribution < 1.29 is 19.4 Å². The van der Waals surface area contributed by atoms with Crippen LogP contribution in [0.2, 0.25) is 0 Å². The van der Waals surface area contributed by atoms with Gasteiger partial charge < -0.3 is 24.4 Å². The van der Waals surface area contributed by atoms with Crippen LogP contribution in [0.3, 0.4) is 0 Å². The number of rotatable bonds is 4. The molecule has 2 aromatic rings. The number of aliphatic hydroxyl groups excluding tert-OH is 1. The number of aromatic nitrogens is 1. The first-order valence-electron chi connectivity index (χ1n) is 10.5. The summed E-state index contributed by atoms with van der Waals surface area (Å²) in [6.07, 6.45) is 5.69. The smallest absolute Gasteiger partial charge is 0.255 e. The van der Waals surface area contributed by atoms with E-state index >= 15 is 0 Å². The van der Waals surface area contributed by atoms with Crippen LogP contribution in [0.25, 0.3) is 0 Å². The van der Waals surface area contributed by atoms with Gasteiger partial charge in [0.2, 0.25) is 0 Å². The van der Waals surface area contributed by atoms with E-state index in [4.69, 9.17) is 9.47 Å². The molecule has 7 nitrogen and oxygen atoms in total. The van der Waals surface area contributed by atoms with Crippen molar-refractivity contribution in [3.8, 4) is 11.5 Å². The molecule has 30 heavy (non-hydrogen) atoms. The number of ether oxygens (including phenoxy) is 2. The quantitative estimate of drug-likeness (QED) is 0.833. The lowest BCUT2D eigenvalue weighted by Gasteiger charge is -2.34. The lowest BCUT2D eigenvalue weighted by molar-refractivity contribution is 0.0538. The number of β-amino-alcohol motifs (C(OH)–C–C–N with tert-alkyl or cyclic N) is 1. The Morgan fingerprint density at radius 3 is 2.37 bits per heavy atom. The van der Waals surface area contributed by atoms with E-state index in [1.54, 1.807) is 37.4 Å². The molecule has 2 aliphatic heterocycles. The fourth-order valence-electron chi connectivity index (χ4n) is 4.41. The maximum Gasteiger partial charge on any atom is 0.255 e. The third-order valence-corrected chi connectivity index (χ3v) is 6.00. The first kappa shape index (κ1) is 20.5. The van der Waals surface area contributed by atoms with Crippen molar-refractivity contribution in [3.63, 3.8) is 0 Å². The number of hydrogen-bond donors (Lipinski definition) is 1. The molecular weight excluding hydrogens is 382 g/mol. The molecule has 0 unspecified atom stereocenters. The highest BCUT2D eigenvalue weighted by molar-refractivity contribution is 5.94. The Labute approximate surface area is 177 Å². The number of pyridine rings is 1. The second kappa shape index (κ2) is 8.92. The third-order valence-electron chi connectivity index (χ3n) is 6.00. The molecule has 3 heterocycles. The maximum absolute atomic E-state index is 13.1. The normalized spacial score (nSPS) is 19.1. The zero-order chi connectivity index (χ0) is 21.1. The van der Waals surface area contributed by atoms with Crippen molar-refractivity contribution in [2.45, 2.75) is 38.3 Å². The number of amides is 1.